The van der Waals surface area contributed by atoms with E-state index in [1.54, 1.807) is 0 Å². The molecule has 13 heteroatoms. The Labute approximate surface area is 169 Å². The van der Waals surface area contributed by atoms with E-state index in [0.29, 0.717) is 13.1 Å². The Balaban J connectivity index is 1.81. The molecule has 1 aromatic heterocycles. The smallest absolute Gasteiger partial charge is 0.341 e. The van der Waals surface area contributed by atoms with E-state index in [2.05, 4.69) is 14.7 Å². The number of benzene rings is 1. The number of carboxylic acids is 1. The maximum Gasteiger partial charge on any atom is 0.341 e. The molecule has 2 aromatic rings. The summed E-state index contributed by atoms with van der Waals surface area (Å²) in [5.41, 5.74) is 0.0677. The third kappa shape index (κ3) is 5.52. The highest BCUT2D eigenvalue weighted by atomic mass is 32.2. The summed E-state index contributed by atoms with van der Waals surface area (Å²) >= 11 is 0.908. The van der Waals surface area contributed by atoms with Gasteiger partial charge in [0.2, 0.25) is 5.88 Å². The van der Waals surface area contributed by atoms with Crippen LogP contribution in [0.3, 0.4) is 0 Å². The van der Waals surface area contributed by atoms with Gasteiger partial charge >= 0.3 is 16.2 Å². The third-order valence-electron chi connectivity index (χ3n) is 3.80. The lowest BCUT2D eigenvalue weighted by Crippen LogP contribution is -2.45. The Hall–Kier alpha value is -2.51. The SMILES string of the molecule is O=C(O)COc1cc(NS(=O)(=O)N2CCC2)nc(SCc2cccc(F)c2F)n1. The first-order valence-electron chi connectivity index (χ1n) is 8.32. The maximum absolute atomic E-state index is 13.8. The number of aromatic nitrogens is 2. The number of nitrogens with one attached hydrogen (secondary N) is 1. The zero-order chi connectivity index (χ0) is 21.0. The molecule has 1 aromatic carbocycles. The van der Waals surface area contributed by atoms with Crippen molar-refractivity contribution in [3.8, 4) is 5.88 Å². The quantitative estimate of drug-likeness (QED) is 0.442. The van der Waals surface area contributed by atoms with E-state index < -0.39 is 34.4 Å². The first kappa shape index (κ1) is 21.2. The molecule has 0 saturated carbocycles. The Morgan fingerprint density at radius 2 is 2.07 bits per heavy atom. The monoisotopic (exact) mass is 446 g/mol. The van der Waals surface area contributed by atoms with Gasteiger partial charge in [0.05, 0.1) is 0 Å². The molecule has 9 nitrogen and oxygen atoms in total. The minimum Gasteiger partial charge on any atom is -0.479 e. The summed E-state index contributed by atoms with van der Waals surface area (Å²) in [4.78, 5) is 18.7. The van der Waals surface area contributed by atoms with Crippen LogP contribution in [0.5, 0.6) is 5.88 Å². The van der Waals surface area contributed by atoms with Crippen LogP contribution in [0, 0.1) is 11.6 Å². The van der Waals surface area contributed by atoms with Gasteiger partial charge in [0, 0.05) is 30.5 Å². The number of hydrogen-bond acceptors (Lipinski definition) is 7. The number of hydrogen-bond donors (Lipinski definition) is 2. The van der Waals surface area contributed by atoms with E-state index in [1.165, 1.54) is 16.4 Å². The normalized spacial score (nSPS) is 14.3. The van der Waals surface area contributed by atoms with Gasteiger partial charge < -0.3 is 9.84 Å². The van der Waals surface area contributed by atoms with Crippen molar-refractivity contribution in [3.63, 3.8) is 0 Å². The van der Waals surface area contributed by atoms with Gasteiger partial charge in [0.1, 0.15) is 5.82 Å². The minimum absolute atomic E-state index is 0.00198. The number of carboxylic acid groups (broad SMARTS) is 1. The molecule has 2 heterocycles. The van der Waals surface area contributed by atoms with Gasteiger partial charge in [0.15, 0.2) is 23.4 Å². The highest BCUT2D eigenvalue weighted by Gasteiger charge is 2.28. The van der Waals surface area contributed by atoms with Gasteiger partial charge in [-0.15, -0.1) is 0 Å². The molecular weight excluding hydrogens is 430 g/mol. The van der Waals surface area contributed by atoms with E-state index in [-0.39, 0.29) is 28.2 Å². The van der Waals surface area contributed by atoms with Crippen LogP contribution in [0.4, 0.5) is 14.6 Å². The van der Waals surface area contributed by atoms with Gasteiger partial charge in [-0.25, -0.2) is 18.6 Å². The van der Waals surface area contributed by atoms with Crippen LogP contribution in [0.2, 0.25) is 0 Å². The van der Waals surface area contributed by atoms with Crippen molar-refractivity contribution >= 4 is 33.8 Å². The van der Waals surface area contributed by atoms with E-state index in [9.17, 15) is 22.0 Å². The van der Waals surface area contributed by atoms with Crippen molar-refractivity contribution in [2.24, 2.45) is 0 Å². The predicted octanol–water partition coefficient (Wildman–Crippen LogP) is 1.87. The van der Waals surface area contributed by atoms with Crippen molar-refractivity contribution in [2.45, 2.75) is 17.3 Å². The van der Waals surface area contributed by atoms with Crippen LogP contribution >= 0.6 is 11.8 Å². The fraction of sp³-hybridized carbons (Fsp3) is 0.312. The summed E-state index contributed by atoms with van der Waals surface area (Å²) in [6.45, 7) is 0.0600. The molecule has 0 aliphatic carbocycles. The lowest BCUT2D eigenvalue weighted by molar-refractivity contribution is -0.139. The number of aliphatic carboxylic acids is 1. The lowest BCUT2D eigenvalue weighted by Gasteiger charge is -2.29. The van der Waals surface area contributed by atoms with Gasteiger partial charge in [0.25, 0.3) is 0 Å². The van der Waals surface area contributed by atoms with Crippen LogP contribution in [0.25, 0.3) is 0 Å². The molecule has 1 aliphatic rings. The lowest BCUT2D eigenvalue weighted by atomic mass is 10.2. The fourth-order valence-electron chi connectivity index (χ4n) is 2.26. The van der Waals surface area contributed by atoms with Gasteiger partial charge in [-0.3, -0.25) is 4.72 Å². The average Bonchev–Trinajstić information content (AvgIpc) is 2.58. The van der Waals surface area contributed by atoms with Gasteiger partial charge in [-0.2, -0.15) is 17.7 Å². The third-order valence-corrected chi connectivity index (χ3v) is 6.21. The van der Waals surface area contributed by atoms with E-state index >= 15 is 0 Å². The standard InChI is InChI=1S/C16H16F2N4O5S2/c17-11-4-1-3-10(15(11)18)9-28-16-19-12(7-13(20-16)27-8-14(23)24)21-29(25,26)22-5-2-6-22/h1,3-4,7H,2,5-6,8-9H2,(H,23,24)(H,19,20,21). The zero-order valence-corrected chi connectivity index (χ0v) is 16.5. The molecule has 29 heavy (non-hydrogen) atoms. The second kappa shape index (κ2) is 8.88. The van der Waals surface area contributed by atoms with E-state index in [4.69, 9.17) is 9.84 Å². The molecule has 0 unspecified atom stereocenters. The molecule has 1 aliphatic heterocycles. The topological polar surface area (TPSA) is 122 Å². The van der Waals surface area contributed by atoms with Crippen LogP contribution in [-0.2, 0) is 20.8 Å². The van der Waals surface area contributed by atoms with Crippen molar-refractivity contribution in [1.82, 2.24) is 14.3 Å². The molecule has 1 saturated heterocycles. The summed E-state index contributed by atoms with van der Waals surface area (Å²) in [6, 6.07) is 4.88. The van der Waals surface area contributed by atoms with Gasteiger partial charge in [-0.1, -0.05) is 23.9 Å². The van der Waals surface area contributed by atoms with Crippen molar-refractivity contribution < 1.29 is 31.8 Å². The molecule has 0 spiro atoms. The number of anilines is 1. The minimum atomic E-state index is -3.82. The zero-order valence-electron chi connectivity index (χ0n) is 14.8. The molecular formula is C16H16F2N4O5S2. The molecule has 0 bridgehead atoms. The number of carbonyl (C=O) groups is 1. The summed E-state index contributed by atoms with van der Waals surface area (Å²) in [5, 5.41) is 8.75. The van der Waals surface area contributed by atoms with Crippen molar-refractivity contribution in [3.05, 3.63) is 41.5 Å². The van der Waals surface area contributed by atoms with Crippen LogP contribution in [-0.4, -0.2) is 53.5 Å². The highest BCUT2D eigenvalue weighted by molar-refractivity contribution is 7.98. The van der Waals surface area contributed by atoms with E-state index in [0.717, 1.165) is 30.3 Å². The Bertz CT molecular complexity index is 1020. The number of ether oxygens (including phenoxy) is 1. The molecule has 3 rings (SSSR count). The summed E-state index contributed by atoms with van der Waals surface area (Å²) < 4.78 is 60.2. The molecule has 1 fully saturated rings. The van der Waals surface area contributed by atoms with Crippen molar-refractivity contribution in [1.29, 1.82) is 0 Å². The fourth-order valence-corrected chi connectivity index (χ4v) is 4.32. The Kier molecular flexibility index (Phi) is 6.49. The number of nitrogens with zero attached hydrogens (tertiary/aromatic N) is 3. The van der Waals surface area contributed by atoms with Crippen molar-refractivity contribution in [2.75, 3.05) is 24.4 Å². The molecule has 0 amide bonds. The molecule has 0 radical (unpaired) electrons. The second-order valence-corrected chi connectivity index (χ2v) is 8.53. The molecule has 156 valence electrons. The largest absolute Gasteiger partial charge is 0.479 e. The van der Waals surface area contributed by atoms with E-state index in [1.807, 2.05) is 0 Å². The Morgan fingerprint density at radius 1 is 1.31 bits per heavy atom. The summed E-state index contributed by atoms with van der Waals surface area (Å²) in [7, 11) is -3.82. The predicted molar refractivity (Wildman–Crippen MR) is 99.8 cm³/mol. The summed E-state index contributed by atoms with van der Waals surface area (Å²) in [6.07, 6.45) is 0.748. The van der Waals surface area contributed by atoms with Crippen LogP contribution in [0.15, 0.2) is 29.4 Å². The number of halogens is 2. The first-order valence-corrected chi connectivity index (χ1v) is 10.7. The second-order valence-electron chi connectivity index (χ2n) is 5.92. The van der Waals surface area contributed by atoms with Crippen LogP contribution < -0.4 is 9.46 Å². The maximum atomic E-state index is 13.8. The highest BCUT2D eigenvalue weighted by Crippen LogP contribution is 2.26. The Morgan fingerprint density at radius 3 is 2.72 bits per heavy atom. The average molecular weight is 446 g/mol. The summed E-state index contributed by atoms with van der Waals surface area (Å²) in [5.74, 6) is -3.59. The number of thioether (sulfide) groups is 1. The molecule has 2 N–H and O–H groups in total. The molecule has 0 atom stereocenters. The first-order chi connectivity index (χ1) is 13.7. The number of rotatable bonds is 9. The van der Waals surface area contributed by atoms with Gasteiger partial charge in [-0.05, 0) is 12.5 Å². The van der Waals surface area contributed by atoms with Crippen LogP contribution in [0.1, 0.15) is 12.0 Å².